The lowest BCUT2D eigenvalue weighted by molar-refractivity contribution is -0.133. The molecule has 0 bridgehead atoms. The van der Waals surface area contributed by atoms with E-state index in [1.807, 2.05) is 23.1 Å². The molecular formula is C25H34Cl3FN4O2. The zero-order chi connectivity index (χ0) is 22.6. The topological polar surface area (TPSA) is 69.9 Å². The van der Waals surface area contributed by atoms with Crippen molar-refractivity contribution in [2.24, 2.45) is 5.73 Å². The molecule has 2 heterocycles. The van der Waals surface area contributed by atoms with Gasteiger partial charge in [0.25, 0.3) is 0 Å². The predicted molar refractivity (Wildman–Crippen MR) is 145 cm³/mol. The number of hydrogen-bond acceptors (Lipinski definition) is 5. The number of amides is 1. The van der Waals surface area contributed by atoms with Crippen LogP contribution in [-0.4, -0.2) is 66.4 Å². The van der Waals surface area contributed by atoms with E-state index < -0.39 is 5.54 Å². The Kier molecular flexibility index (Phi) is 12.4. The number of para-hydroxylation sites is 1. The molecule has 2 saturated heterocycles. The van der Waals surface area contributed by atoms with Crippen molar-refractivity contribution in [3.05, 3.63) is 66.0 Å². The predicted octanol–water partition coefficient (Wildman–Crippen LogP) is 4.15. The number of benzene rings is 2. The molecule has 2 aromatic carbocycles. The van der Waals surface area contributed by atoms with Crippen molar-refractivity contribution in [1.82, 2.24) is 9.80 Å². The molecule has 4 rings (SSSR count). The van der Waals surface area contributed by atoms with E-state index >= 15 is 0 Å². The molecule has 194 valence electrons. The van der Waals surface area contributed by atoms with Gasteiger partial charge in [-0.25, -0.2) is 4.39 Å². The Bertz CT molecular complexity index is 941. The summed E-state index contributed by atoms with van der Waals surface area (Å²) in [5.41, 5.74) is 6.86. The van der Waals surface area contributed by atoms with Crippen molar-refractivity contribution >= 4 is 54.6 Å². The van der Waals surface area contributed by atoms with Crippen LogP contribution in [-0.2, 0) is 4.79 Å². The van der Waals surface area contributed by atoms with Crippen LogP contribution in [0.1, 0.15) is 36.0 Å². The van der Waals surface area contributed by atoms with Gasteiger partial charge >= 0.3 is 0 Å². The second-order valence-electron chi connectivity index (χ2n) is 8.67. The smallest absolute Gasteiger partial charge is 0.250 e. The second-order valence-corrected chi connectivity index (χ2v) is 8.67. The highest BCUT2D eigenvalue weighted by Crippen LogP contribution is 2.39. The Morgan fingerprint density at radius 1 is 0.943 bits per heavy atom. The fraction of sp³-hybridized carbons (Fsp3) is 0.440. The van der Waals surface area contributed by atoms with Gasteiger partial charge in [0.15, 0.2) is 5.78 Å². The van der Waals surface area contributed by atoms with Gasteiger partial charge in [-0.1, -0.05) is 18.2 Å². The van der Waals surface area contributed by atoms with E-state index in [1.54, 1.807) is 12.1 Å². The molecule has 1 amide bonds. The van der Waals surface area contributed by atoms with E-state index in [1.165, 1.54) is 12.1 Å². The normalized spacial score (nSPS) is 16.9. The Labute approximate surface area is 225 Å². The zero-order valence-corrected chi connectivity index (χ0v) is 22.1. The van der Waals surface area contributed by atoms with Gasteiger partial charge in [0.05, 0.1) is 6.67 Å². The number of halogens is 4. The molecule has 0 aliphatic carbocycles. The van der Waals surface area contributed by atoms with Crippen LogP contribution in [0.2, 0.25) is 0 Å². The van der Waals surface area contributed by atoms with Crippen LogP contribution in [0.5, 0.6) is 0 Å². The molecule has 2 aliphatic rings. The third-order valence-corrected chi connectivity index (χ3v) is 6.71. The molecule has 2 N–H and O–H groups in total. The number of nitrogens with two attached hydrogens (primary N) is 1. The van der Waals surface area contributed by atoms with Gasteiger partial charge in [0.1, 0.15) is 11.4 Å². The van der Waals surface area contributed by atoms with E-state index in [9.17, 15) is 14.0 Å². The van der Waals surface area contributed by atoms with Gasteiger partial charge in [-0.05, 0) is 62.2 Å². The monoisotopic (exact) mass is 546 g/mol. The number of nitrogens with zero attached hydrogens (tertiary/aromatic N) is 3. The van der Waals surface area contributed by atoms with Gasteiger partial charge in [0, 0.05) is 43.9 Å². The number of Topliss-reactive ketones (excluding diaryl/α,β-unsaturated/α-hetero) is 1. The van der Waals surface area contributed by atoms with Crippen molar-refractivity contribution in [1.29, 1.82) is 0 Å². The average molecular weight is 548 g/mol. The zero-order valence-electron chi connectivity index (χ0n) is 19.6. The number of piperidine rings is 1. The van der Waals surface area contributed by atoms with Gasteiger partial charge in [-0.3, -0.25) is 9.59 Å². The van der Waals surface area contributed by atoms with E-state index in [2.05, 4.69) is 21.9 Å². The highest BCUT2D eigenvalue weighted by molar-refractivity contribution is 5.96. The lowest BCUT2D eigenvalue weighted by atomic mass is 9.85. The number of ketones is 1. The van der Waals surface area contributed by atoms with Crippen LogP contribution in [0.4, 0.5) is 10.1 Å². The molecule has 0 saturated carbocycles. The van der Waals surface area contributed by atoms with E-state index in [0.29, 0.717) is 31.7 Å². The fourth-order valence-electron chi connectivity index (χ4n) is 4.92. The van der Waals surface area contributed by atoms with Gasteiger partial charge < -0.3 is 20.4 Å². The first kappa shape index (κ1) is 31.1. The summed E-state index contributed by atoms with van der Waals surface area (Å²) >= 11 is 0. The molecule has 2 fully saturated rings. The first-order chi connectivity index (χ1) is 15.5. The summed E-state index contributed by atoms with van der Waals surface area (Å²) in [5.74, 6) is -0.116. The summed E-state index contributed by atoms with van der Waals surface area (Å²) in [7, 11) is 0. The molecule has 35 heavy (non-hydrogen) atoms. The SMILES string of the molecule is Cl.Cl.Cl.NCCN1CN(c2ccccc2)C2(CCN(CCCC(=O)c3ccc(F)cc3)CC2)C1=O. The summed E-state index contributed by atoms with van der Waals surface area (Å²) < 4.78 is 13.0. The fourth-order valence-corrected chi connectivity index (χ4v) is 4.92. The molecule has 0 atom stereocenters. The largest absolute Gasteiger partial charge is 0.339 e. The minimum atomic E-state index is -0.517. The average Bonchev–Trinajstić information content (AvgIpc) is 3.08. The summed E-state index contributed by atoms with van der Waals surface area (Å²) in [5, 5.41) is 0. The van der Waals surface area contributed by atoms with Gasteiger partial charge in [-0.15, -0.1) is 37.2 Å². The van der Waals surface area contributed by atoms with Crippen molar-refractivity contribution in [2.75, 3.05) is 44.3 Å². The number of hydrogen-bond donors (Lipinski definition) is 1. The maximum absolute atomic E-state index is 13.4. The van der Waals surface area contributed by atoms with Gasteiger partial charge in [0.2, 0.25) is 5.91 Å². The Morgan fingerprint density at radius 3 is 2.17 bits per heavy atom. The van der Waals surface area contributed by atoms with Crippen molar-refractivity contribution in [3.8, 4) is 0 Å². The van der Waals surface area contributed by atoms with Crippen LogP contribution in [0, 0.1) is 5.82 Å². The summed E-state index contributed by atoms with van der Waals surface area (Å²) in [6.07, 6.45) is 2.70. The van der Waals surface area contributed by atoms with Crippen LogP contribution in [0.15, 0.2) is 54.6 Å². The Hall–Kier alpha value is -1.90. The van der Waals surface area contributed by atoms with Crippen LogP contribution in [0.3, 0.4) is 0 Å². The first-order valence-electron chi connectivity index (χ1n) is 11.4. The Balaban J connectivity index is 0.00000204. The number of anilines is 1. The molecule has 1 spiro atoms. The standard InChI is InChI=1S/C25H31FN4O2.3ClH/c26-21-10-8-20(9-11-21)23(31)7-4-15-28-16-12-25(13-17-28)24(32)29(18-14-27)19-30(25)22-5-2-1-3-6-22;;;/h1-3,5-6,8-11H,4,7,12-19,27H2;3*1H. The van der Waals surface area contributed by atoms with Crippen LogP contribution < -0.4 is 10.6 Å². The molecule has 0 unspecified atom stereocenters. The van der Waals surface area contributed by atoms with E-state index in [0.717, 1.165) is 44.6 Å². The minimum absolute atomic E-state index is 0. The lowest BCUT2D eigenvalue weighted by Crippen LogP contribution is -2.56. The van der Waals surface area contributed by atoms with Crippen molar-refractivity contribution in [3.63, 3.8) is 0 Å². The quantitative estimate of drug-likeness (QED) is 0.503. The van der Waals surface area contributed by atoms with Crippen LogP contribution >= 0.6 is 37.2 Å². The lowest BCUT2D eigenvalue weighted by Gasteiger charge is -2.43. The first-order valence-corrected chi connectivity index (χ1v) is 11.4. The van der Waals surface area contributed by atoms with Crippen molar-refractivity contribution < 1.29 is 14.0 Å². The number of rotatable bonds is 8. The highest BCUT2D eigenvalue weighted by Gasteiger charge is 2.53. The maximum Gasteiger partial charge on any atom is 0.250 e. The molecule has 0 aromatic heterocycles. The third kappa shape index (κ3) is 6.86. The molecule has 10 heteroatoms. The van der Waals surface area contributed by atoms with Gasteiger partial charge in [-0.2, -0.15) is 0 Å². The molecule has 2 aromatic rings. The molecule has 0 radical (unpaired) electrons. The summed E-state index contributed by atoms with van der Waals surface area (Å²) in [4.78, 5) is 32.2. The third-order valence-electron chi connectivity index (χ3n) is 6.71. The highest BCUT2D eigenvalue weighted by atomic mass is 35.5. The number of carbonyl (C=O) groups is 2. The summed E-state index contributed by atoms with van der Waals surface area (Å²) in [6.45, 7) is 4.05. The second kappa shape index (κ2) is 14.0. The number of carbonyl (C=O) groups excluding carboxylic acids is 2. The Morgan fingerprint density at radius 2 is 1.57 bits per heavy atom. The molecule has 6 nitrogen and oxygen atoms in total. The van der Waals surface area contributed by atoms with Crippen LogP contribution in [0.25, 0.3) is 0 Å². The number of likely N-dealkylation sites (tertiary alicyclic amines) is 1. The summed E-state index contributed by atoms with van der Waals surface area (Å²) in [6, 6.07) is 15.9. The van der Waals surface area contributed by atoms with E-state index in [4.69, 9.17) is 5.73 Å². The van der Waals surface area contributed by atoms with E-state index in [-0.39, 0.29) is 54.7 Å². The minimum Gasteiger partial charge on any atom is -0.339 e. The van der Waals surface area contributed by atoms with Crippen molar-refractivity contribution in [2.45, 2.75) is 31.2 Å². The molecule has 2 aliphatic heterocycles. The molecular weight excluding hydrogens is 514 g/mol. The maximum atomic E-state index is 13.4.